The number of hydrogen-bond acceptors (Lipinski definition) is 2. The van der Waals surface area contributed by atoms with Gasteiger partial charge in [0, 0.05) is 18.7 Å². The molecule has 1 amide bonds. The number of para-hydroxylation sites is 2. The summed E-state index contributed by atoms with van der Waals surface area (Å²) in [6.45, 7) is 0.758. The summed E-state index contributed by atoms with van der Waals surface area (Å²) < 4.78 is 5.80. The quantitative estimate of drug-likeness (QED) is 0.793. The first-order valence-electron chi connectivity index (χ1n) is 6.97. The number of fused-ring (bicyclic) bond motifs is 2. The van der Waals surface area contributed by atoms with E-state index >= 15 is 0 Å². The van der Waals surface area contributed by atoms with Gasteiger partial charge in [0.1, 0.15) is 5.75 Å². The lowest BCUT2D eigenvalue weighted by molar-refractivity contribution is -0.124. The van der Waals surface area contributed by atoms with E-state index in [1.807, 2.05) is 47.4 Å². The average molecular weight is 265 g/mol. The first-order chi connectivity index (χ1) is 9.83. The Morgan fingerprint density at radius 1 is 1.05 bits per heavy atom. The average Bonchev–Trinajstić information content (AvgIpc) is 3.10. The molecule has 0 aromatic heterocycles. The summed E-state index contributed by atoms with van der Waals surface area (Å²) >= 11 is 0. The Morgan fingerprint density at radius 2 is 1.80 bits per heavy atom. The molecule has 2 heterocycles. The highest BCUT2D eigenvalue weighted by molar-refractivity contribution is 5.99. The van der Waals surface area contributed by atoms with Crippen LogP contribution in [0.25, 0.3) is 0 Å². The molecular formula is C17H15NO2. The number of rotatable bonds is 1. The topological polar surface area (TPSA) is 29.5 Å². The van der Waals surface area contributed by atoms with Crippen LogP contribution in [0.4, 0.5) is 5.69 Å². The third-order valence-corrected chi connectivity index (χ3v) is 4.08. The zero-order valence-electron chi connectivity index (χ0n) is 11.1. The fourth-order valence-corrected chi connectivity index (χ4v) is 3.06. The monoisotopic (exact) mass is 265 g/mol. The first kappa shape index (κ1) is 11.5. The Hall–Kier alpha value is -2.29. The second-order valence-corrected chi connectivity index (χ2v) is 5.29. The molecule has 0 N–H and O–H groups in total. The van der Waals surface area contributed by atoms with Gasteiger partial charge < -0.3 is 9.64 Å². The molecule has 0 aliphatic carbocycles. The lowest BCUT2D eigenvalue weighted by atomic mass is 10.1. The molecule has 1 atom stereocenters. The van der Waals surface area contributed by atoms with Crippen LogP contribution in [0, 0.1) is 0 Å². The Balaban J connectivity index is 1.59. The second kappa shape index (κ2) is 4.37. The minimum atomic E-state index is -0.376. The van der Waals surface area contributed by atoms with Gasteiger partial charge in [-0.2, -0.15) is 0 Å². The van der Waals surface area contributed by atoms with Crippen molar-refractivity contribution >= 4 is 11.6 Å². The SMILES string of the molecule is O=C(C1Cc2ccccc2O1)N1CCc2ccccc21. The van der Waals surface area contributed by atoms with Crippen molar-refractivity contribution in [2.75, 3.05) is 11.4 Å². The van der Waals surface area contributed by atoms with Crippen molar-refractivity contribution in [3.63, 3.8) is 0 Å². The third kappa shape index (κ3) is 1.70. The zero-order valence-corrected chi connectivity index (χ0v) is 11.1. The minimum absolute atomic E-state index is 0.0751. The van der Waals surface area contributed by atoms with Crippen LogP contribution >= 0.6 is 0 Å². The number of nitrogens with zero attached hydrogens (tertiary/aromatic N) is 1. The normalized spacial score (nSPS) is 19.4. The fraction of sp³-hybridized carbons (Fsp3) is 0.235. The standard InChI is InChI=1S/C17H15NO2/c19-17(16-11-13-6-2-4-8-15(13)20-16)18-10-9-12-5-1-3-7-14(12)18/h1-8,16H,9-11H2. The van der Waals surface area contributed by atoms with Crippen molar-refractivity contribution in [1.82, 2.24) is 0 Å². The predicted molar refractivity (Wildman–Crippen MR) is 77.1 cm³/mol. The van der Waals surface area contributed by atoms with Crippen molar-refractivity contribution in [2.45, 2.75) is 18.9 Å². The lowest BCUT2D eigenvalue weighted by Gasteiger charge is -2.21. The second-order valence-electron chi connectivity index (χ2n) is 5.29. The summed E-state index contributed by atoms with van der Waals surface area (Å²) in [5.41, 5.74) is 3.41. The van der Waals surface area contributed by atoms with E-state index in [9.17, 15) is 4.79 Å². The van der Waals surface area contributed by atoms with Gasteiger partial charge in [0.05, 0.1) is 0 Å². The molecule has 4 rings (SSSR count). The van der Waals surface area contributed by atoms with Gasteiger partial charge in [-0.15, -0.1) is 0 Å². The molecule has 0 radical (unpaired) electrons. The number of amides is 1. The van der Waals surface area contributed by atoms with Crippen LogP contribution in [0.5, 0.6) is 5.75 Å². The summed E-state index contributed by atoms with van der Waals surface area (Å²) in [7, 11) is 0. The molecule has 2 aromatic carbocycles. The minimum Gasteiger partial charge on any atom is -0.480 e. The van der Waals surface area contributed by atoms with Crippen LogP contribution in [0.15, 0.2) is 48.5 Å². The highest BCUT2D eigenvalue weighted by Gasteiger charge is 2.35. The third-order valence-electron chi connectivity index (χ3n) is 4.08. The summed E-state index contributed by atoms with van der Waals surface area (Å²) in [5.74, 6) is 0.921. The summed E-state index contributed by atoms with van der Waals surface area (Å²) in [6, 6.07) is 16.0. The maximum atomic E-state index is 12.7. The molecular weight excluding hydrogens is 250 g/mol. The van der Waals surface area contributed by atoms with Gasteiger partial charge in [0.15, 0.2) is 6.10 Å². The number of benzene rings is 2. The zero-order chi connectivity index (χ0) is 13.5. The van der Waals surface area contributed by atoms with Crippen LogP contribution in [0.2, 0.25) is 0 Å². The van der Waals surface area contributed by atoms with Gasteiger partial charge >= 0.3 is 0 Å². The molecule has 3 heteroatoms. The van der Waals surface area contributed by atoms with Gasteiger partial charge in [-0.25, -0.2) is 0 Å². The maximum absolute atomic E-state index is 12.7. The Bertz CT molecular complexity index is 655. The molecule has 3 nitrogen and oxygen atoms in total. The molecule has 0 fully saturated rings. The van der Waals surface area contributed by atoms with Crippen molar-refractivity contribution < 1.29 is 9.53 Å². The fourth-order valence-electron chi connectivity index (χ4n) is 3.06. The number of hydrogen-bond donors (Lipinski definition) is 0. The molecule has 2 aromatic rings. The van der Waals surface area contributed by atoms with Gasteiger partial charge in [0.25, 0.3) is 5.91 Å². The molecule has 0 saturated heterocycles. The predicted octanol–water partition coefficient (Wildman–Crippen LogP) is 2.58. The molecule has 100 valence electrons. The summed E-state index contributed by atoms with van der Waals surface area (Å²) in [5, 5.41) is 0. The number of carbonyl (C=O) groups is 1. The first-order valence-corrected chi connectivity index (χ1v) is 6.97. The van der Waals surface area contributed by atoms with Gasteiger partial charge in [-0.3, -0.25) is 4.79 Å². The number of carbonyl (C=O) groups excluding carboxylic acids is 1. The van der Waals surface area contributed by atoms with Crippen molar-refractivity contribution in [2.24, 2.45) is 0 Å². The van der Waals surface area contributed by atoms with E-state index in [4.69, 9.17) is 4.74 Å². The summed E-state index contributed by atoms with van der Waals surface area (Å²) in [4.78, 5) is 14.5. The van der Waals surface area contributed by atoms with E-state index in [-0.39, 0.29) is 12.0 Å². The van der Waals surface area contributed by atoms with E-state index < -0.39 is 0 Å². The Labute approximate surface area is 117 Å². The van der Waals surface area contributed by atoms with E-state index in [0.29, 0.717) is 6.42 Å². The van der Waals surface area contributed by atoms with Crippen molar-refractivity contribution in [3.8, 4) is 5.75 Å². The number of ether oxygens (including phenoxy) is 1. The highest BCUT2D eigenvalue weighted by atomic mass is 16.5. The highest BCUT2D eigenvalue weighted by Crippen LogP contribution is 2.32. The molecule has 0 spiro atoms. The van der Waals surface area contributed by atoms with Gasteiger partial charge in [-0.05, 0) is 29.7 Å². The van der Waals surface area contributed by atoms with E-state index in [1.54, 1.807) is 0 Å². The maximum Gasteiger partial charge on any atom is 0.268 e. The smallest absolute Gasteiger partial charge is 0.268 e. The molecule has 2 aliphatic rings. The Morgan fingerprint density at radius 3 is 2.65 bits per heavy atom. The largest absolute Gasteiger partial charge is 0.480 e. The van der Waals surface area contributed by atoms with Crippen LogP contribution in [0.3, 0.4) is 0 Å². The van der Waals surface area contributed by atoms with E-state index in [1.165, 1.54) is 5.56 Å². The van der Waals surface area contributed by atoms with Crippen LogP contribution in [-0.4, -0.2) is 18.6 Å². The van der Waals surface area contributed by atoms with Crippen LogP contribution < -0.4 is 9.64 Å². The summed E-state index contributed by atoms with van der Waals surface area (Å²) in [6.07, 6.45) is 1.23. The van der Waals surface area contributed by atoms with Crippen molar-refractivity contribution in [1.29, 1.82) is 0 Å². The number of anilines is 1. The molecule has 0 bridgehead atoms. The molecule has 1 unspecified atom stereocenters. The van der Waals surface area contributed by atoms with Crippen LogP contribution in [-0.2, 0) is 17.6 Å². The van der Waals surface area contributed by atoms with E-state index in [0.717, 1.165) is 30.0 Å². The molecule has 0 saturated carbocycles. The lowest BCUT2D eigenvalue weighted by Crippen LogP contribution is -2.40. The Kier molecular flexibility index (Phi) is 2.52. The van der Waals surface area contributed by atoms with E-state index in [2.05, 4.69) is 6.07 Å². The van der Waals surface area contributed by atoms with Gasteiger partial charge in [0.2, 0.25) is 0 Å². The molecule has 20 heavy (non-hydrogen) atoms. The molecule has 2 aliphatic heterocycles. The van der Waals surface area contributed by atoms with Crippen molar-refractivity contribution in [3.05, 3.63) is 59.7 Å². The van der Waals surface area contributed by atoms with Crippen LogP contribution in [0.1, 0.15) is 11.1 Å². The van der Waals surface area contributed by atoms with Gasteiger partial charge in [-0.1, -0.05) is 36.4 Å².